The van der Waals surface area contributed by atoms with Gasteiger partial charge >= 0.3 is 0 Å². The van der Waals surface area contributed by atoms with Crippen LogP contribution in [0, 0.1) is 5.21 Å². The summed E-state index contributed by atoms with van der Waals surface area (Å²) in [6.45, 7) is 0.641. The lowest BCUT2D eigenvalue weighted by molar-refractivity contribution is -0.605. The van der Waals surface area contributed by atoms with Crippen molar-refractivity contribution < 1.29 is 9.52 Å². The van der Waals surface area contributed by atoms with Gasteiger partial charge < -0.3 is 10.5 Å². The molecule has 114 valence electrons. The summed E-state index contributed by atoms with van der Waals surface area (Å²) in [4.78, 5) is 12.3. The van der Waals surface area contributed by atoms with Crippen molar-refractivity contribution in [1.82, 2.24) is 5.32 Å². The highest BCUT2D eigenvalue weighted by molar-refractivity contribution is 5.93. The van der Waals surface area contributed by atoms with E-state index in [1.54, 1.807) is 12.1 Å². The zero-order valence-corrected chi connectivity index (χ0v) is 12.5. The predicted octanol–water partition coefficient (Wildman–Crippen LogP) is 2.56. The van der Waals surface area contributed by atoms with E-state index in [-0.39, 0.29) is 11.3 Å². The van der Waals surface area contributed by atoms with Gasteiger partial charge in [0.1, 0.15) is 0 Å². The van der Waals surface area contributed by atoms with Crippen LogP contribution in [0.2, 0.25) is 0 Å². The van der Waals surface area contributed by atoms with Crippen LogP contribution in [0.5, 0.6) is 0 Å². The molecular formula is C18H20N2O2. The van der Waals surface area contributed by atoms with Crippen molar-refractivity contribution in [3.05, 3.63) is 71.2 Å². The Bertz CT molecular complexity index is 632. The van der Waals surface area contributed by atoms with Crippen molar-refractivity contribution in [2.24, 2.45) is 0 Å². The Hall–Kier alpha value is -2.36. The molecule has 0 unspecified atom stereocenters. The lowest BCUT2D eigenvalue weighted by Crippen LogP contribution is -2.39. The first-order valence-corrected chi connectivity index (χ1v) is 7.72. The fraction of sp³-hybridized carbons (Fsp3) is 0.333. The molecule has 1 N–H and O–H groups in total. The van der Waals surface area contributed by atoms with Crippen LogP contribution in [0.4, 0.5) is 0 Å². The second kappa shape index (κ2) is 6.18. The molecule has 0 radical (unpaired) electrons. The highest BCUT2D eigenvalue weighted by atomic mass is 16.5. The molecule has 0 bridgehead atoms. The van der Waals surface area contributed by atoms with Crippen molar-refractivity contribution in [2.75, 3.05) is 6.54 Å². The second-order valence-electron chi connectivity index (χ2n) is 5.98. The molecule has 0 spiro atoms. The minimum atomic E-state index is -0.122. The molecule has 2 aromatic rings. The maximum atomic E-state index is 12.3. The summed E-state index contributed by atoms with van der Waals surface area (Å²) in [6.07, 6.45) is 7.30. The molecule has 1 aromatic heterocycles. The number of hydrogen-bond donors (Lipinski definition) is 1. The van der Waals surface area contributed by atoms with E-state index in [9.17, 15) is 10.0 Å². The number of rotatable bonds is 4. The molecule has 22 heavy (non-hydrogen) atoms. The number of aromatic nitrogens is 1. The van der Waals surface area contributed by atoms with E-state index < -0.39 is 0 Å². The summed E-state index contributed by atoms with van der Waals surface area (Å²) < 4.78 is 0.680. The summed E-state index contributed by atoms with van der Waals surface area (Å²) in [5.41, 5.74) is 1.87. The Morgan fingerprint density at radius 1 is 1.09 bits per heavy atom. The number of benzene rings is 1. The van der Waals surface area contributed by atoms with Gasteiger partial charge in [-0.25, -0.2) is 0 Å². The van der Waals surface area contributed by atoms with Crippen molar-refractivity contribution in [3.63, 3.8) is 0 Å². The van der Waals surface area contributed by atoms with Crippen molar-refractivity contribution in [3.8, 4) is 0 Å². The smallest absolute Gasteiger partial charge is 0.251 e. The minimum absolute atomic E-state index is 0.0458. The van der Waals surface area contributed by atoms with E-state index in [1.807, 2.05) is 6.07 Å². The number of nitrogens with one attached hydrogen (secondary N) is 1. The van der Waals surface area contributed by atoms with E-state index in [0.717, 1.165) is 12.8 Å². The van der Waals surface area contributed by atoms with Crippen LogP contribution < -0.4 is 10.0 Å². The summed E-state index contributed by atoms with van der Waals surface area (Å²) in [5, 5.41) is 14.1. The number of pyridine rings is 1. The maximum absolute atomic E-state index is 12.3. The molecule has 1 aromatic carbocycles. The molecule has 0 saturated heterocycles. The first-order chi connectivity index (χ1) is 10.7. The molecule has 1 heterocycles. The topological polar surface area (TPSA) is 56.0 Å². The van der Waals surface area contributed by atoms with Crippen LogP contribution in [0.25, 0.3) is 0 Å². The average Bonchev–Trinajstić information content (AvgIpc) is 3.04. The number of nitrogens with zero attached hydrogens (tertiary/aromatic N) is 1. The van der Waals surface area contributed by atoms with Gasteiger partial charge in [-0.2, -0.15) is 4.73 Å². The Labute approximate surface area is 130 Å². The van der Waals surface area contributed by atoms with Gasteiger partial charge in [0.25, 0.3) is 5.91 Å². The van der Waals surface area contributed by atoms with E-state index in [0.29, 0.717) is 16.8 Å². The van der Waals surface area contributed by atoms with E-state index in [1.165, 1.54) is 30.8 Å². The predicted molar refractivity (Wildman–Crippen MR) is 84.3 cm³/mol. The van der Waals surface area contributed by atoms with Crippen LogP contribution >= 0.6 is 0 Å². The van der Waals surface area contributed by atoms with Gasteiger partial charge in [0, 0.05) is 24.1 Å². The molecule has 4 nitrogen and oxygen atoms in total. The molecule has 1 amide bonds. The average molecular weight is 296 g/mol. The van der Waals surface area contributed by atoms with Crippen LogP contribution in [-0.4, -0.2) is 12.5 Å². The van der Waals surface area contributed by atoms with E-state index in [4.69, 9.17) is 0 Å². The van der Waals surface area contributed by atoms with Gasteiger partial charge in [-0.3, -0.25) is 4.79 Å². The minimum Gasteiger partial charge on any atom is -0.619 e. The number of hydrogen-bond acceptors (Lipinski definition) is 2. The lowest BCUT2D eigenvalue weighted by atomic mass is 9.79. The third kappa shape index (κ3) is 2.96. The zero-order valence-electron chi connectivity index (χ0n) is 12.5. The zero-order chi connectivity index (χ0) is 15.4. The third-order valence-electron chi connectivity index (χ3n) is 4.60. The van der Waals surface area contributed by atoms with Crippen LogP contribution in [-0.2, 0) is 5.41 Å². The summed E-state index contributed by atoms with van der Waals surface area (Å²) >= 11 is 0. The summed E-state index contributed by atoms with van der Waals surface area (Å²) in [5.74, 6) is -0.122. The van der Waals surface area contributed by atoms with E-state index >= 15 is 0 Å². The quantitative estimate of drug-likeness (QED) is 0.696. The van der Waals surface area contributed by atoms with Gasteiger partial charge in [-0.1, -0.05) is 43.2 Å². The second-order valence-corrected chi connectivity index (χ2v) is 5.98. The largest absolute Gasteiger partial charge is 0.619 e. The van der Waals surface area contributed by atoms with Crippen molar-refractivity contribution >= 4 is 5.91 Å². The fourth-order valence-electron chi connectivity index (χ4n) is 3.33. The molecule has 1 aliphatic rings. The number of carbonyl (C=O) groups excluding carboxylic acids is 1. The van der Waals surface area contributed by atoms with E-state index in [2.05, 4.69) is 29.6 Å². The molecule has 0 atom stereocenters. The van der Waals surface area contributed by atoms with Crippen LogP contribution in [0.3, 0.4) is 0 Å². The van der Waals surface area contributed by atoms with Gasteiger partial charge in [0.15, 0.2) is 12.4 Å². The molecule has 1 aliphatic carbocycles. The Kier molecular flexibility index (Phi) is 4.09. The summed E-state index contributed by atoms with van der Waals surface area (Å²) in [6, 6.07) is 13.5. The molecule has 1 fully saturated rings. The summed E-state index contributed by atoms with van der Waals surface area (Å²) in [7, 11) is 0. The van der Waals surface area contributed by atoms with Gasteiger partial charge in [-0.15, -0.1) is 0 Å². The molecule has 4 heteroatoms. The Morgan fingerprint density at radius 2 is 1.73 bits per heavy atom. The Morgan fingerprint density at radius 3 is 2.36 bits per heavy atom. The highest BCUT2D eigenvalue weighted by Gasteiger charge is 2.35. The number of amides is 1. The van der Waals surface area contributed by atoms with Gasteiger partial charge in [-0.05, 0) is 18.4 Å². The third-order valence-corrected chi connectivity index (χ3v) is 4.60. The van der Waals surface area contributed by atoms with Crippen LogP contribution in [0.1, 0.15) is 41.6 Å². The highest BCUT2D eigenvalue weighted by Crippen LogP contribution is 2.40. The molecule has 3 rings (SSSR count). The SMILES string of the molecule is O=C(NCC1(c2ccccc2)CCCC1)c1cc[n+]([O-])cc1. The lowest BCUT2D eigenvalue weighted by Gasteiger charge is -2.30. The molecular weight excluding hydrogens is 276 g/mol. The van der Waals surface area contributed by atoms with Crippen molar-refractivity contribution in [2.45, 2.75) is 31.1 Å². The van der Waals surface area contributed by atoms with Gasteiger partial charge in [0.05, 0.1) is 5.56 Å². The molecule has 0 aliphatic heterocycles. The number of carbonyl (C=O) groups is 1. The molecule has 1 saturated carbocycles. The van der Waals surface area contributed by atoms with Crippen LogP contribution in [0.15, 0.2) is 54.9 Å². The first kappa shape index (κ1) is 14.6. The van der Waals surface area contributed by atoms with Crippen molar-refractivity contribution in [1.29, 1.82) is 0 Å². The normalized spacial score (nSPS) is 16.4. The monoisotopic (exact) mass is 296 g/mol. The maximum Gasteiger partial charge on any atom is 0.251 e. The Balaban J connectivity index is 1.73. The fourth-order valence-corrected chi connectivity index (χ4v) is 3.33. The standard InChI is InChI=1S/C18H20N2O2/c21-17(15-8-12-20(22)13-9-15)19-14-18(10-4-5-11-18)16-6-2-1-3-7-16/h1-3,6-9,12-13H,4-5,10-11,14H2,(H,19,21). The first-order valence-electron chi connectivity index (χ1n) is 7.72. The van der Waals surface area contributed by atoms with Gasteiger partial charge in [0.2, 0.25) is 0 Å².